The lowest BCUT2D eigenvalue weighted by molar-refractivity contribution is -0.288. The number of hydrogen-bond acceptors (Lipinski definition) is 6. The number of benzene rings is 6. The molecule has 7 rings (SSSR count). The molecule has 278 valence electrons. The van der Waals surface area contributed by atoms with Crippen LogP contribution in [0, 0.1) is 36.5 Å². The first kappa shape index (κ1) is 37.3. The van der Waals surface area contributed by atoms with Gasteiger partial charge in [-0.15, -0.1) is 0 Å². The van der Waals surface area contributed by atoms with Crippen molar-refractivity contribution in [2.75, 3.05) is 0 Å². The average molecular weight is 760 g/mol. The Kier molecular flexibility index (Phi) is 9.52. The fourth-order valence-corrected chi connectivity index (χ4v) is 6.63. The minimum Gasteiger partial charge on any atom is -0.456 e. The highest BCUT2D eigenvalue weighted by atomic mass is 19.4. The zero-order chi connectivity index (χ0) is 39.8. The van der Waals surface area contributed by atoms with Crippen LogP contribution in [0.4, 0.5) is 26.3 Å². The molecular formula is C44H27F6N3O3. The van der Waals surface area contributed by atoms with E-state index in [0.717, 1.165) is 29.8 Å². The predicted molar refractivity (Wildman–Crippen MR) is 196 cm³/mol. The zero-order valence-corrected chi connectivity index (χ0v) is 29.5. The molecular weight excluding hydrogens is 732 g/mol. The first-order chi connectivity index (χ1) is 26.7. The average Bonchev–Trinajstić information content (AvgIpc) is 3.60. The molecule has 0 unspecified atom stereocenters. The van der Waals surface area contributed by atoms with Gasteiger partial charge in [-0.3, -0.25) is 0 Å². The third-order valence-electron chi connectivity index (χ3n) is 9.44. The van der Waals surface area contributed by atoms with Gasteiger partial charge in [0.05, 0.1) is 5.56 Å². The number of rotatable bonds is 8. The molecule has 0 aliphatic heterocycles. The van der Waals surface area contributed by atoms with E-state index in [4.69, 9.17) is 13.9 Å². The number of alkyl halides is 6. The Morgan fingerprint density at radius 3 is 1.68 bits per heavy atom. The first-order valence-corrected chi connectivity index (χ1v) is 16.9. The van der Waals surface area contributed by atoms with E-state index in [0.29, 0.717) is 63.5 Å². The van der Waals surface area contributed by atoms with Gasteiger partial charge in [-0.05, 0) is 96.3 Å². The van der Waals surface area contributed by atoms with Crippen LogP contribution in [0.15, 0.2) is 132 Å². The number of para-hydroxylation sites is 2. The van der Waals surface area contributed by atoms with Crippen molar-refractivity contribution in [1.29, 1.82) is 10.5 Å². The van der Waals surface area contributed by atoms with Gasteiger partial charge in [0.25, 0.3) is 0 Å². The van der Waals surface area contributed by atoms with Crippen molar-refractivity contribution < 1.29 is 40.2 Å². The lowest BCUT2D eigenvalue weighted by Gasteiger charge is -2.38. The number of ether oxygens (including phenoxy) is 2. The van der Waals surface area contributed by atoms with E-state index < -0.39 is 28.9 Å². The third-order valence-corrected chi connectivity index (χ3v) is 9.44. The van der Waals surface area contributed by atoms with E-state index in [2.05, 4.69) is 11.1 Å². The Balaban J connectivity index is 1.21. The number of nitrogens with zero attached hydrogens (tertiary/aromatic N) is 3. The number of aryl methyl sites for hydroxylation is 2. The minimum absolute atomic E-state index is 0.0309. The van der Waals surface area contributed by atoms with Crippen molar-refractivity contribution in [3.63, 3.8) is 0 Å². The Hall–Kier alpha value is -7.05. The van der Waals surface area contributed by atoms with E-state index in [9.17, 15) is 36.9 Å². The van der Waals surface area contributed by atoms with Crippen LogP contribution in [0.2, 0.25) is 0 Å². The smallest absolute Gasteiger partial charge is 0.411 e. The Morgan fingerprint density at radius 1 is 0.571 bits per heavy atom. The maximum atomic E-state index is 14.9. The standard InChI is InChI=1S/C44H27F6N3O3/c1-26-7-5-11-38(35(26)24-51)54-31-19-15-29(16-20-31)42(43(45,46)47,44(48,49)50)30-17-21-32(22-18-30)55-39-12-6-8-33(36(39)25-52)28-14-13-27(2)34(23-28)41-53-37-9-3-4-10-40(37)56-41/h3-23H,1-2H3. The van der Waals surface area contributed by atoms with Crippen LogP contribution in [0.3, 0.4) is 0 Å². The number of hydrogen-bond donors (Lipinski definition) is 0. The summed E-state index contributed by atoms with van der Waals surface area (Å²) < 4.78 is 107. The highest BCUT2D eigenvalue weighted by Gasteiger charge is 2.72. The van der Waals surface area contributed by atoms with Crippen molar-refractivity contribution in [2.24, 2.45) is 0 Å². The number of fused-ring (bicyclic) bond motifs is 1. The molecule has 0 N–H and O–H groups in total. The van der Waals surface area contributed by atoms with Gasteiger partial charge >= 0.3 is 12.4 Å². The molecule has 0 saturated heterocycles. The van der Waals surface area contributed by atoms with Crippen LogP contribution in [-0.2, 0) is 5.41 Å². The highest BCUT2D eigenvalue weighted by molar-refractivity contribution is 5.81. The fraction of sp³-hybridized carbons (Fsp3) is 0.114. The molecule has 1 heterocycles. The lowest BCUT2D eigenvalue weighted by Crippen LogP contribution is -2.54. The second-order valence-electron chi connectivity index (χ2n) is 12.9. The second kappa shape index (κ2) is 14.3. The molecule has 0 spiro atoms. The molecule has 6 aromatic carbocycles. The number of halogens is 6. The Bertz CT molecular complexity index is 2620. The number of oxazole rings is 1. The summed E-state index contributed by atoms with van der Waals surface area (Å²) in [5.74, 6) is 0.338. The third kappa shape index (κ3) is 6.56. The van der Waals surface area contributed by atoms with Crippen molar-refractivity contribution in [2.45, 2.75) is 31.6 Å². The van der Waals surface area contributed by atoms with Gasteiger partial charge in [0.2, 0.25) is 11.3 Å². The number of nitriles is 2. The van der Waals surface area contributed by atoms with Gasteiger partial charge in [-0.2, -0.15) is 36.9 Å². The summed E-state index contributed by atoms with van der Waals surface area (Å²) in [5, 5.41) is 19.7. The summed E-state index contributed by atoms with van der Waals surface area (Å²) in [7, 11) is 0. The lowest BCUT2D eigenvalue weighted by atomic mass is 9.73. The molecule has 12 heteroatoms. The highest BCUT2D eigenvalue weighted by Crippen LogP contribution is 2.56. The van der Waals surface area contributed by atoms with Crippen molar-refractivity contribution in [1.82, 2.24) is 4.98 Å². The van der Waals surface area contributed by atoms with Gasteiger partial charge < -0.3 is 13.9 Å². The molecule has 0 aliphatic carbocycles. The van der Waals surface area contributed by atoms with Crippen LogP contribution < -0.4 is 9.47 Å². The largest absolute Gasteiger partial charge is 0.456 e. The molecule has 0 fully saturated rings. The maximum Gasteiger partial charge on any atom is 0.411 e. The minimum atomic E-state index is -5.84. The van der Waals surface area contributed by atoms with Crippen LogP contribution in [0.5, 0.6) is 23.0 Å². The van der Waals surface area contributed by atoms with E-state index >= 15 is 0 Å². The van der Waals surface area contributed by atoms with Crippen LogP contribution >= 0.6 is 0 Å². The van der Waals surface area contributed by atoms with Gasteiger partial charge in [0.15, 0.2) is 5.58 Å². The van der Waals surface area contributed by atoms with Crippen molar-refractivity contribution in [3.05, 3.63) is 161 Å². The zero-order valence-electron chi connectivity index (χ0n) is 29.5. The summed E-state index contributed by atoms with van der Waals surface area (Å²) in [6.07, 6.45) is -11.7. The summed E-state index contributed by atoms with van der Waals surface area (Å²) in [6.45, 7) is 3.55. The molecule has 0 bridgehead atoms. The van der Waals surface area contributed by atoms with E-state index in [-0.39, 0.29) is 34.1 Å². The molecule has 6 nitrogen and oxygen atoms in total. The molecule has 0 amide bonds. The molecule has 1 aromatic heterocycles. The molecule has 0 aliphatic rings. The SMILES string of the molecule is Cc1ccc(-c2cccc(Oc3ccc(C(c4ccc(Oc5cccc(C)c5C#N)cc4)(C(F)(F)F)C(F)(F)F)cc3)c2C#N)cc1-c1nc2ccccc2o1. The summed E-state index contributed by atoms with van der Waals surface area (Å²) in [6, 6.07) is 33.1. The predicted octanol–water partition coefficient (Wildman–Crippen LogP) is 12.5. The summed E-state index contributed by atoms with van der Waals surface area (Å²) >= 11 is 0. The van der Waals surface area contributed by atoms with Crippen molar-refractivity contribution >= 4 is 11.1 Å². The maximum absolute atomic E-state index is 14.9. The Labute approximate surface area is 316 Å². The quantitative estimate of drug-likeness (QED) is 0.143. The molecule has 7 aromatic rings. The molecule has 56 heavy (non-hydrogen) atoms. The van der Waals surface area contributed by atoms with Gasteiger partial charge in [0.1, 0.15) is 46.2 Å². The second-order valence-corrected chi connectivity index (χ2v) is 12.9. The van der Waals surface area contributed by atoms with Gasteiger partial charge in [0, 0.05) is 11.1 Å². The Morgan fingerprint density at radius 2 is 1.12 bits per heavy atom. The van der Waals surface area contributed by atoms with E-state index in [1.807, 2.05) is 43.3 Å². The molecule has 0 saturated carbocycles. The van der Waals surface area contributed by atoms with Crippen LogP contribution in [0.25, 0.3) is 33.7 Å². The first-order valence-electron chi connectivity index (χ1n) is 16.9. The fourth-order valence-electron chi connectivity index (χ4n) is 6.63. The normalized spacial score (nSPS) is 11.9. The summed E-state index contributed by atoms with van der Waals surface area (Å²) in [5.41, 5.74) is -1.90. The number of aromatic nitrogens is 1. The summed E-state index contributed by atoms with van der Waals surface area (Å²) in [4.78, 5) is 4.58. The topological polar surface area (TPSA) is 92.1 Å². The monoisotopic (exact) mass is 759 g/mol. The van der Waals surface area contributed by atoms with Crippen LogP contribution in [0.1, 0.15) is 33.4 Å². The van der Waals surface area contributed by atoms with Gasteiger partial charge in [-0.1, -0.05) is 72.8 Å². The molecule has 0 atom stereocenters. The van der Waals surface area contributed by atoms with Crippen LogP contribution in [-0.4, -0.2) is 17.3 Å². The van der Waals surface area contributed by atoms with Crippen molar-refractivity contribution in [3.8, 4) is 57.7 Å². The van der Waals surface area contributed by atoms with E-state index in [1.54, 1.807) is 43.3 Å². The van der Waals surface area contributed by atoms with Gasteiger partial charge in [-0.25, -0.2) is 4.98 Å². The molecule has 0 radical (unpaired) electrons. The van der Waals surface area contributed by atoms with E-state index in [1.165, 1.54) is 12.1 Å².